The minimum absolute atomic E-state index is 0.103. The third-order valence-electron chi connectivity index (χ3n) is 6.62. The van der Waals surface area contributed by atoms with Gasteiger partial charge in [-0.15, -0.1) is 0 Å². The molecular formula is C28H36N2O3. The summed E-state index contributed by atoms with van der Waals surface area (Å²) in [5, 5.41) is 2.96. The summed E-state index contributed by atoms with van der Waals surface area (Å²) >= 11 is 0. The van der Waals surface area contributed by atoms with Crippen LogP contribution in [0.4, 0.5) is 0 Å². The maximum atomic E-state index is 13.2. The fourth-order valence-corrected chi connectivity index (χ4v) is 4.55. The van der Waals surface area contributed by atoms with E-state index in [1.807, 2.05) is 12.1 Å². The number of carbonyl (C=O) groups excluding carboxylic acids is 2. The Bertz CT molecular complexity index is 1010. The molecule has 0 bridgehead atoms. The summed E-state index contributed by atoms with van der Waals surface area (Å²) in [6.45, 7) is 9.53. The fourth-order valence-electron chi connectivity index (χ4n) is 4.55. The van der Waals surface area contributed by atoms with Gasteiger partial charge in [0.05, 0.1) is 6.04 Å². The summed E-state index contributed by atoms with van der Waals surface area (Å²) in [4.78, 5) is 27.7. The highest BCUT2D eigenvalue weighted by molar-refractivity contribution is 5.82. The number of amides is 2. The van der Waals surface area contributed by atoms with Gasteiger partial charge in [-0.3, -0.25) is 9.59 Å². The molecule has 0 aromatic heterocycles. The van der Waals surface area contributed by atoms with E-state index in [1.54, 1.807) is 6.92 Å². The van der Waals surface area contributed by atoms with E-state index < -0.39 is 6.10 Å². The first-order valence-corrected chi connectivity index (χ1v) is 12.3. The number of carbonyl (C=O) groups is 2. The van der Waals surface area contributed by atoms with E-state index in [4.69, 9.17) is 4.74 Å². The lowest BCUT2D eigenvalue weighted by Crippen LogP contribution is -2.41. The molecule has 0 spiro atoms. The molecule has 1 heterocycles. The van der Waals surface area contributed by atoms with Gasteiger partial charge >= 0.3 is 0 Å². The highest BCUT2D eigenvalue weighted by Gasteiger charge is 2.39. The largest absolute Gasteiger partial charge is 0.481 e. The van der Waals surface area contributed by atoms with Crippen LogP contribution in [0, 0.1) is 18.8 Å². The molecule has 0 saturated heterocycles. The molecular weight excluding hydrogens is 412 g/mol. The molecule has 0 radical (unpaired) electrons. The van der Waals surface area contributed by atoms with Crippen molar-refractivity contribution in [3.8, 4) is 5.75 Å². The zero-order valence-corrected chi connectivity index (χ0v) is 20.3. The summed E-state index contributed by atoms with van der Waals surface area (Å²) in [5.41, 5.74) is 4.65. The van der Waals surface area contributed by atoms with E-state index in [2.05, 4.69) is 61.3 Å². The van der Waals surface area contributed by atoms with Crippen LogP contribution in [-0.4, -0.2) is 35.9 Å². The molecule has 2 amide bonds. The Morgan fingerprint density at radius 3 is 2.61 bits per heavy atom. The molecule has 1 aliphatic heterocycles. The lowest BCUT2D eigenvalue weighted by atomic mass is 9.87. The van der Waals surface area contributed by atoms with Crippen molar-refractivity contribution >= 4 is 11.8 Å². The molecule has 5 heteroatoms. The van der Waals surface area contributed by atoms with E-state index >= 15 is 0 Å². The Kier molecular flexibility index (Phi) is 7.06. The number of benzene rings is 2. The van der Waals surface area contributed by atoms with Crippen molar-refractivity contribution in [3.63, 3.8) is 0 Å². The second-order valence-corrected chi connectivity index (χ2v) is 9.97. The number of hydrogen-bond donors (Lipinski definition) is 1. The van der Waals surface area contributed by atoms with Gasteiger partial charge in [-0.05, 0) is 74.3 Å². The van der Waals surface area contributed by atoms with Crippen LogP contribution < -0.4 is 10.1 Å². The smallest absolute Gasteiger partial charge is 0.260 e. The summed E-state index contributed by atoms with van der Waals surface area (Å²) in [5.74, 6) is 1.54. The third-order valence-corrected chi connectivity index (χ3v) is 6.62. The molecule has 0 unspecified atom stereocenters. The van der Waals surface area contributed by atoms with Gasteiger partial charge in [0.25, 0.3) is 5.91 Å². The van der Waals surface area contributed by atoms with Crippen molar-refractivity contribution in [2.45, 2.75) is 65.5 Å². The molecule has 4 rings (SSSR count). The number of hydrogen-bond acceptors (Lipinski definition) is 3. The number of nitrogens with zero attached hydrogens (tertiary/aromatic N) is 1. The van der Waals surface area contributed by atoms with Gasteiger partial charge in [-0.1, -0.05) is 49.7 Å². The summed E-state index contributed by atoms with van der Waals surface area (Å²) in [6, 6.07) is 14.4. The second kappa shape index (κ2) is 9.98. The standard InChI is InChI=1S/C28H36N2O3/c1-18(2)12-14-29-27(31)20(4)33-24-11-10-21-13-15-30(28(32)22-8-9-22)26(25(21)17-24)23-7-5-6-19(3)16-23/h5-7,10-11,16-18,20,22,26H,8-9,12-15H2,1-4H3,(H,29,31)/t20-,26+/m1/s1. The molecule has 1 N–H and O–H groups in total. The number of ether oxygens (including phenoxy) is 1. The van der Waals surface area contributed by atoms with E-state index in [0.29, 0.717) is 18.2 Å². The van der Waals surface area contributed by atoms with Crippen LogP contribution in [0.3, 0.4) is 0 Å². The Hall–Kier alpha value is -2.82. The molecule has 1 aliphatic carbocycles. The predicted octanol–water partition coefficient (Wildman–Crippen LogP) is 4.81. The molecule has 1 saturated carbocycles. The van der Waals surface area contributed by atoms with Crippen LogP contribution >= 0.6 is 0 Å². The highest BCUT2D eigenvalue weighted by atomic mass is 16.5. The number of fused-ring (bicyclic) bond motifs is 1. The van der Waals surface area contributed by atoms with Gasteiger partial charge in [-0.2, -0.15) is 0 Å². The highest BCUT2D eigenvalue weighted by Crippen LogP contribution is 2.41. The Morgan fingerprint density at radius 1 is 1.12 bits per heavy atom. The van der Waals surface area contributed by atoms with E-state index in [1.165, 1.54) is 11.1 Å². The van der Waals surface area contributed by atoms with E-state index in [0.717, 1.165) is 43.4 Å². The average molecular weight is 449 g/mol. The van der Waals surface area contributed by atoms with Gasteiger partial charge in [0.1, 0.15) is 5.75 Å². The summed E-state index contributed by atoms with van der Waals surface area (Å²) in [7, 11) is 0. The summed E-state index contributed by atoms with van der Waals surface area (Å²) in [6.07, 6.45) is 3.19. The van der Waals surface area contributed by atoms with Crippen molar-refractivity contribution in [2.75, 3.05) is 13.1 Å². The molecule has 2 aromatic rings. The molecule has 176 valence electrons. The molecule has 2 atom stereocenters. The first-order valence-electron chi connectivity index (χ1n) is 12.3. The Labute approximate surface area is 197 Å². The van der Waals surface area contributed by atoms with Crippen LogP contribution in [0.5, 0.6) is 5.75 Å². The van der Waals surface area contributed by atoms with Crippen molar-refractivity contribution in [2.24, 2.45) is 11.8 Å². The average Bonchev–Trinajstić information content (AvgIpc) is 3.63. The SMILES string of the molecule is Cc1cccc([C@H]2c3cc(O[C@H](C)C(=O)NCCC(C)C)ccc3CCN2C(=O)C2CC2)c1. The van der Waals surface area contributed by atoms with Crippen molar-refractivity contribution < 1.29 is 14.3 Å². The third kappa shape index (κ3) is 5.58. The number of nitrogens with one attached hydrogen (secondary N) is 1. The predicted molar refractivity (Wildman–Crippen MR) is 130 cm³/mol. The minimum atomic E-state index is -0.583. The maximum Gasteiger partial charge on any atom is 0.260 e. The first-order chi connectivity index (χ1) is 15.8. The number of aryl methyl sites for hydroxylation is 1. The van der Waals surface area contributed by atoms with Crippen molar-refractivity contribution in [3.05, 3.63) is 64.7 Å². The van der Waals surface area contributed by atoms with Crippen LogP contribution in [0.25, 0.3) is 0 Å². The maximum absolute atomic E-state index is 13.2. The van der Waals surface area contributed by atoms with E-state index in [-0.39, 0.29) is 23.8 Å². The van der Waals surface area contributed by atoms with Crippen LogP contribution in [0.1, 0.15) is 68.3 Å². The van der Waals surface area contributed by atoms with Crippen molar-refractivity contribution in [1.82, 2.24) is 10.2 Å². The first kappa shape index (κ1) is 23.3. The monoisotopic (exact) mass is 448 g/mol. The molecule has 33 heavy (non-hydrogen) atoms. The molecule has 5 nitrogen and oxygen atoms in total. The van der Waals surface area contributed by atoms with Crippen LogP contribution in [-0.2, 0) is 16.0 Å². The Morgan fingerprint density at radius 2 is 1.91 bits per heavy atom. The normalized spacial score (nSPS) is 18.6. The lowest BCUT2D eigenvalue weighted by Gasteiger charge is -2.38. The molecule has 1 fully saturated rings. The van der Waals surface area contributed by atoms with Gasteiger partial charge in [0.15, 0.2) is 6.10 Å². The van der Waals surface area contributed by atoms with Crippen molar-refractivity contribution in [1.29, 1.82) is 0 Å². The van der Waals surface area contributed by atoms with E-state index in [9.17, 15) is 9.59 Å². The molecule has 2 aromatic carbocycles. The quantitative estimate of drug-likeness (QED) is 0.631. The van der Waals surface area contributed by atoms with Gasteiger partial charge in [-0.25, -0.2) is 0 Å². The zero-order valence-electron chi connectivity index (χ0n) is 20.3. The van der Waals surface area contributed by atoms with Gasteiger partial charge < -0.3 is 15.0 Å². The zero-order chi connectivity index (χ0) is 23.5. The fraction of sp³-hybridized carbons (Fsp3) is 0.500. The molecule has 2 aliphatic rings. The topological polar surface area (TPSA) is 58.6 Å². The summed E-state index contributed by atoms with van der Waals surface area (Å²) < 4.78 is 6.05. The van der Waals surface area contributed by atoms with Gasteiger partial charge in [0.2, 0.25) is 5.91 Å². The Balaban J connectivity index is 1.58. The number of rotatable bonds is 8. The second-order valence-electron chi connectivity index (χ2n) is 9.97. The van der Waals surface area contributed by atoms with Crippen LogP contribution in [0.15, 0.2) is 42.5 Å². The van der Waals surface area contributed by atoms with Crippen LogP contribution in [0.2, 0.25) is 0 Å². The lowest BCUT2D eigenvalue weighted by molar-refractivity contribution is -0.134. The van der Waals surface area contributed by atoms with Gasteiger partial charge in [0, 0.05) is 19.0 Å². The minimum Gasteiger partial charge on any atom is -0.481 e.